The Morgan fingerprint density at radius 3 is 0.769 bits per heavy atom. The van der Waals surface area contributed by atoms with Crippen LogP contribution in [-0.4, -0.2) is 0 Å². The Bertz CT molecular complexity index is 286. The van der Waals surface area contributed by atoms with Crippen molar-refractivity contribution >= 4 is 0 Å². The predicted molar refractivity (Wildman–Crippen MR) is 118 cm³/mol. The second kappa shape index (κ2) is 14.8. The van der Waals surface area contributed by atoms with E-state index < -0.39 is 0 Å². The molecule has 2 rings (SSSR count). The molecular weight excluding hydrogens is 312 g/mol. The van der Waals surface area contributed by atoms with Crippen LogP contribution >= 0.6 is 0 Å². The Morgan fingerprint density at radius 2 is 0.538 bits per heavy atom. The molecule has 0 bridgehead atoms. The summed E-state index contributed by atoms with van der Waals surface area (Å²) in [6.07, 6.45) is 32.2. The summed E-state index contributed by atoms with van der Waals surface area (Å²) in [5.41, 5.74) is 1.68. The summed E-state index contributed by atoms with van der Waals surface area (Å²) in [5, 5.41) is 0. The summed E-state index contributed by atoms with van der Waals surface area (Å²) in [4.78, 5) is 0. The molecule has 0 aliphatic heterocycles. The highest BCUT2D eigenvalue weighted by atomic mass is 14.3. The molecule has 0 spiro atoms. The fourth-order valence-corrected chi connectivity index (χ4v) is 5.40. The topological polar surface area (TPSA) is 0 Å². The molecule has 0 radical (unpaired) electrons. The van der Waals surface area contributed by atoms with Gasteiger partial charge in [-0.3, -0.25) is 0 Å². The Labute approximate surface area is 165 Å². The third kappa shape index (κ3) is 9.61. The van der Waals surface area contributed by atoms with Crippen LogP contribution in [0.4, 0.5) is 0 Å². The molecule has 0 nitrogen and oxygen atoms in total. The summed E-state index contributed by atoms with van der Waals surface area (Å²) in [5.74, 6) is 1.68. The monoisotopic (exact) mass is 360 g/mol. The Hall–Kier alpha value is -0.260. The quantitative estimate of drug-likeness (QED) is 0.430. The van der Waals surface area contributed by atoms with Crippen molar-refractivity contribution in [3.05, 3.63) is 12.2 Å². The van der Waals surface area contributed by atoms with Crippen LogP contribution in [-0.2, 0) is 0 Å². The minimum absolute atomic E-state index is 0.840. The van der Waals surface area contributed by atoms with E-state index in [1.54, 1.807) is 5.57 Å². The van der Waals surface area contributed by atoms with E-state index in [0.717, 1.165) is 11.8 Å². The first-order valence-electron chi connectivity index (χ1n) is 12.6. The highest BCUT2D eigenvalue weighted by Gasteiger charge is 2.21. The lowest BCUT2D eigenvalue weighted by molar-refractivity contribution is 0.366. The van der Waals surface area contributed by atoms with Crippen molar-refractivity contribution in [3.8, 4) is 0 Å². The fraction of sp³-hybridized carbons (Fsp3) is 0.923. The van der Waals surface area contributed by atoms with Gasteiger partial charge in [-0.15, -0.1) is 0 Å². The van der Waals surface area contributed by atoms with Crippen LogP contribution in [0.1, 0.15) is 141 Å². The molecule has 0 amide bonds. The minimum Gasteiger partial charge on any atom is -0.0993 e. The van der Waals surface area contributed by atoms with E-state index >= 15 is 0 Å². The average molecular weight is 361 g/mol. The van der Waals surface area contributed by atoms with Crippen LogP contribution in [0.3, 0.4) is 0 Å². The van der Waals surface area contributed by atoms with Gasteiger partial charge in [0.2, 0.25) is 0 Å². The molecule has 26 heavy (non-hydrogen) atoms. The number of rotatable bonds is 2. The van der Waals surface area contributed by atoms with E-state index in [2.05, 4.69) is 0 Å². The molecular formula is C26H48. The van der Waals surface area contributed by atoms with E-state index in [1.807, 2.05) is 0 Å². The minimum atomic E-state index is 0.840. The summed E-state index contributed by atoms with van der Waals surface area (Å²) < 4.78 is 0. The molecule has 2 aliphatic rings. The highest BCUT2D eigenvalue weighted by Crippen LogP contribution is 2.35. The molecule has 0 unspecified atom stereocenters. The summed E-state index contributed by atoms with van der Waals surface area (Å²) in [6, 6.07) is 0. The van der Waals surface area contributed by atoms with Crippen LogP contribution in [0.5, 0.6) is 0 Å². The third-order valence-corrected chi connectivity index (χ3v) is 7.26. The normalized spacial score (nSPS) is 25.2. The first-order valence-corrected chi connectivity index (χ1v) is 12.6. The first-order chi connectivity index (χ1) is 12.9. The van der Waals surface area contributed by atoms with Gasteiger partial charge in [0.1, 0.15) is 0 Å². The van der Waals surface area contributed by atoms with Gasteiger partial charge in [0.25, 0.3) is 0 Å². The zero-order chi connectivity index (χ0) is 18.3. The maximum absolute atomic E-state index is 4.74. The predicted octanol–water partition coefficient (Wildman–Crippen LogP) is 9.38. The van der Waals surface area contributed by atoms with E-state index in [-0.39, 0.29) is 0 Å². The van der Waals surface area contributed by atoms with Crippen molar-refractivity contribution in [2.75, 3.05) is 0 Å². The molecule has 2 aliphatic carbocycles. The Kier molecular flexibility index (Phi) is 12.5. The molecule has 2 fully saturated rings. The number of allylic oxidation sites excluding steroid dienone is 1. The Morgan fingerprint density at radius 1 is 0.346 bits per heavy atom. The van der Waals surface area contributed by atoms with E-state index in [0.29, 0.717) is 0 Å². The van der Waals surface area contributed by atoms with Gasteiger partial charge in [-0.2, -0.15) is 0 Å². The zero-order valence-electron chi connectivity index (χ0n) is 17.9. The first kappa shape index (κ1) is 22.0. The fourth-order valence-electron chi connectivity index (χ4n) is 5.40. The maximum atomic E-state index is 4.74. The second-order valence-corrected chi connectivity index (χ2v) is 9.49. The average Bonchev–Trinajstić information content (AvgIpc) is 2.62. The highest BCUT2D eigenvalue weighted by molar-refractivity contribution is 5.06. The van der Waals surface area contributed by atoms with E-state index in [4.69, 9.17) is 6.58 Å². The Balaban J connectivity index is 1.86. The molecule has 0 atom stereocenters. The molecule has 0 aromatic rings. The molecule has 0 aromatic heterocycles. The SMILES string of the molecule is C=C(C1CCCCCCCCCCC1)C1CCCCCCCCCCC1. The van der Waals surface area contributed by atoms with Gasteiger partial charge in [-0.25, -0.2) is 0 Å². The van der Waals surface area contributed by atoms with Crippen molar-refractivity contribution in [1.82, 2.24) is 0 Å². The zero-order valence-corrected chi connectivity index (χ0v) is 17.9. The summed E-state index contributed by atoms with van der Waals surface area (Å²) >= 11 is 0. The molecule has 0 heteroatoms. The maximum Gasteiger partial charge on any atom is -0.0203 e. The van der Waals surface area contributed by atoms with Gasteiger partial charge >= 0.3 is 0 Å². The van der Waals surface area contributed by atoms with Gasteiger partial charge < -0.3 is 0 Å². The standard InChI is InChI=1S/C26H48/c1-24(25-20-16-12-8-4-2-5-9-13-17-21-25)26-22-18-14-10-6-3-7-11-15-19-23-26/h25-26H,1-23H2. The van der Waals surface area contributed by atoms with Crippen LogP contribution in [0, 0.1) is 11.8 Å². The van der Waals surface area contributed by atoms with Crippen LogP contribution in [0.15, 0.2) is 12.2 Å². The van der Waals surface area contributed by atoms with Crippen LogP contribution in [0.25, 0.3) is 0 Å². The number of hydrogen-bond donors (Lipinski definition) is 0. The lowest BCUT2D eigenvalue weighted by Crippen LogP contribution is -2.14. The van der Waals surface area contributed by atoms with Crippen molar-refractivity contribution in [3.63, 3.8) is 0 Å². The largest absolute Gasteiger partial charge is 0.0993 e. The lowest BCUT2D eigenvalue weighted by Gasteiger charge is -2.28. The molecule has 0 N–H and O–H groups in total. The number of hydrogen-bond acceptors (Lipinski definition) is 0. The van der Waals surface area contributed by atoms with Crippen molar-refractivity contribution in [1.29, 1.82) is 0 Å². The summed E-state index contributed by atoms with van der Waals surface area (Å²) in [7, 11) is 0. The van der Waals surface area contributed by atoms with Crippen LogP contribution in [0.2, 0.25) is 0 Å². The van der Waals surface area contributed by atoms with Gasteiger partial charge in [-0.05, 0) is 37.5 Å². The lowest BCUT2D eigenvalue weighted by atomic mass is 9.78. The molecule has 152 valence electrons. The summed E-state index contributed by atoms with van der Waals surface area (Å²) in [6.45, 7) is 4.74. The van der Waals surface area contributed by atoms with Gasteiger partial charge in [0.15, 0.2) is 0 Å². The van der Waals surface area contributed by atoms with Crippen LogP contribution < -0.4 is 0 Å². The van der Waals surface area contributed by atoms with E-state index in [1.165, 1.54) is 141 Å². The third-order valence-electron chi connectivity index (χ3n) is 7.26. The smallest absolute Gasteiger partial charge is 0.0203 e. The van der Waals surface area contributed by atoms with Gasteiger partial charge in [0.05, 0.1) is 0 Å². The van der Waals surface area contributed by atoms with Gasteiger partial charge in [0, 0.05) is 0 Å². The van der Waals surface area contributed by atoms with Crippen molar-refractivity contribution in [2.24, 2.45) is 11.8 Å². The van der Waals surface area contributed by atoms with Gasteiger partial charge in [-0.1, -0.05) is 128 Å². The molecule has 0 heterocycles. The van der Waals surface area contributed by atoms with Crippen molar-refractivity contribution < 1.29 is 0 Å². The molecule has 0 aromatic carbocycles. The second-order valence-electron chi connectivity index (χ2n) is 9.49. The van der Waals surface area contributed by atoms with Crippen molar-refractivity contribution in [2.45, 2.75) is 141 Å². The molecule has 2 saturated carbocycles. The van der Waals surface area contributed by atoms with E-state index in [9.17, 15) is 0 Å². The molecule has 0 saturated heterocycles.